The van der Waals surface area contributed by atoms with E-state index in [0.29, 0.717) is 32.5 Å². The van der Waals surface area contributed by atoms with Crippen molar-refractivity contribution in [3.63, 3.8) is 0 Å². The van der Waals surface area contributed by atoms with E-state index in [1.54, 1.807) is 19.0 Å². The molecule has 0 saturated heterocycles. The Labute approximate surface area is 146 Å². The van der Waals surface area contributed by atoms with Gasteiger partial charge in [0.25, 0.3) is 0 Å². The molecule has 0 aromatic heterocycles. The molecule has 7 heteroatoms. The molecule has 0 fully saturated rings. The highest BCUT2D eigenvalue weighted by Crippen LogP contribution is 2.17. The first-order valence-electron chi connectivity index (χ1n) is 6.93. The molecule has 1 rings (SSSR count). The molecule has 0 spiro atoms. The molecule has 1 aromatic carbocycles. The van der Waals surface area contributed by atoms with E-state index in [1.165, 1.54) is 0 Å². The second-order valence-electron chi connectivity index (χ2n) is 4.79. The van der Waals surface area contributed by atoms with Crippen LogP contribution in [0.25, 0.3) is 0 Å². The second-order valence-corrected chi connectivity index (χ2v) is 5.65. The number of halogens is 2. The van der Waals surface area contributed by atoms with E-state index in [9.17, 15) is 9.59 Å². The molecule has 2 amide bonds. The molecule has 0 aliphatic heterocycles. The molecule has 0 heterocycles. The van der Waals surface area contributed by atoms with Gasteiger partial charge in [-0.3, -0.25) is 9.59 Å². The molecule has 22 heavy (non-hydrogen) atoms. The van der Waals surface area contributed by atoms with Crippen LogP contribution in [0.5, 0.6) is 0 Å². The number of amides is 2. The number of carbonyl (C=O) groups excluding carboxylic acids is 2. The van der Waals surface area contributed by atoms with Gasteiger partial charge in [0, 0.05) is 44.0 Å². The van der Waals surface area contributed by atoms with Gasteiger partial charge >= 0.3 is 0 Å². The highest BCUT2D eigenvalue weighted by atomic mass is 79.9. The van der Waals surface area contributed by atoms with Gasteiger partial charge in [0.05, 0.1) is 0 Å². The van der Waals surface area contributed by atoms with Gasteiger partial charge < -0.3 is 15.5 Å². The zero-order valence-electron chi connectivity index (χ0n) is 12.9. The summed E-state index contributed by atoms with van der Waals surface area (Å²) in [5, 5.41) is 5.65. The van der Waals surface area contributed by atoms with Gasteiger partial charge in [0.1, 0.15) is 0 Å². The lowest BCUT2D eigenvalue weighted by Crippen LogP contribution is -2.32. The van der Waals surface area contributed by atoms with E-state index >= 15 is 0 Å². The monoisotopic (exact) mass is 391 g/mol. The van der Waals surface area contributed by atoms with Crippen molar-refractivity contribution in [1.29, 1.82) is 0 Å². The van der Waals surface area contributed by atoms with Crippen molar-refractivity contribution in [2.45, 2.75) is 19.4 Å². The summed E-state index contributed by atoms with van der Waals surface area (Å²) in [5.74, 6) is -0.0229. The normalized spacial score (nSPS) is 9.77. The number of rotatable bonds is 8. The summed E-state index contributed by atoms with van der Waals surface area (Å²) in [6.07, 6.45) is 0.740. The largest absolute Gasteiger partial charge is 0.356 e. The van der Waals surface area contributed by atoms with E-state index < -0.39 is 0 Å². The van der Waals surface area contributed by atoms with Gasteiger partial charge in [-0.15, -0.1) is 12.4 Å². The SMILES string of the molecule is CNCCC(=O)NCCC(=O)N(C)Cc1ccccc1Br.Cl. The number of carbonyl (C=O) groups is 2. The number of nitrogens with zero attached hydrogens (tertiary/aromatic N) is 1. The van der Waals surface area contributed by atoms with Crippen molar-refractivity contribution < 1.29 is 9.59 Å². The van der Waals surface area contributed by atoms with Gasteiger partial charge in [-0.05, 0) is 18.7 Å². The Balaban J connectivity index is 0.00000441. The standard InChI is InChI=1S/C15H22BrN3O2.ClH/c1-17-9-7-14(20)18-10-8-15(21)19(2)11-12-5-3-4-6-13(12)16;/h3-6,17H,7-11H2,1-2H3,(H,18,20);1H. The summed E-state index contributed by atoms with van der Waals surface area (Å²) >= 11 is 3.47. The Hall–Kier alpha value is -1.11. The van der Waals surface area contributed by atoms with Crippen LogP contribution >= 0.6 is 28.3 Å². The molecule has 0 atom stereocenters. The van der Waals surface area contributed by atoms with Crippen molar-refractivity contribution in [3.05, 3.63) is 34.3 Å². The maximum atomic E-state index is 12.0. The Morgan fingerprint density at radius 1 is 1.18 bits per heavy atom. The van der Waals surface area contributed by atoms with Gasteiger partial charge in [-0.2, -0.15) is 0 Å². The average molecular weight is 393 g/mol. The zero-order valence-corrected chi connectivity index (χ0v) is 15.3. The maximum Gasteiger partial charge on any atom is 0.224 e. The van der Waals surface area contributed by atoms with Crippen molar-refractivity contribution in [2.24, 2.45) is 0 Å². The van der Waals surface area contributed by atoms with Crippen LogP contribution in [0.3, 0.4) is 0 Å². The van der Waals surface area contributed by atoms with Gasteiger partial charge in [0.15, 0.2) is 0 Å². The van der Waals surface area contributed by atoms with Gasteiger partial charge in [-0.1, -0.05) is 34.1 Å². The smallest absolute Gasteiger partial charge is 0.224 e. The Morgan fingerprint density at radius 2 is 1.86 bits per heavy atom. The molecule has 0 aliphatic carbocycles. The molecule has 5 nitrogen and oxygen atoms in total. The molecule has 2 N–H and O–H groups in total. The first-order valence-corrected chi connectivity index (χ1v) is 7.72. The minimum Gasteiger partial charge on any atom is -0.356 e. The Morgan fingerprint density at radius 3 is 2.50 bits per heavy atom. The quantitative estimate of drug-likeness (QED) is 0.711. The van der Waals surface area contributed by atoms with Crippen LogP contribution in [0.4, 0.5) is 0 Å². The second kappa shape index (κ2) is 11.5. The summed E-state index contributed by atoms with van der Waals surface area (Å²) in [6.45, 7) is 1.57. The Kier molecular flexibility index (Phi) is 10.9. The molecule has 0 radical (unpaired) electrons. The van der Waals surface area contributed by atoms with Crippen LogP contribution in [0.15, 0.2) is 28.7 Å². The van der Waals surface area contributed by atoms with E-state index in [0.717, 1.165) is 10.0 Å². The molecule has 0 aliphatic rings. The molecule has 0 bridgehead atoms. The molecule has 0 saturated carbocycles. The van der Waals surface area contributed by atoms with Crippen LogP contribution in [0.1, 0.15) is 18.4 Å². The minimum absolute atomic E-state index is 0. The van der Waals surface area contributed by atoms with Gasteiger partial charge in [-0.25, -0.2) is 0 Å². The lowest BCUT2D eigenvalue weighted by molar-refractivity contribution is -0.130. The van der Waals surface area contributed by atoms with Crippen molar-refractivity contribution in [3.8, 4) is 0 Å². The van der Waals surface area contributed by atoms with E-state index in [1.807, 2.05) is 24.3 Å². The van der Waals surface area contributed by atoms with Crippen LogP contribution in [0, 0.1) is 0 Å². The number of benzene rings is 1. The first-order chi connectivity index (χ1) is 10.0. The van der Waals surface area contributed by atoms with Crippen LogP contribution in [-0.2, 0) is 16.1 Å². The number of nitrogens with one attached hydrogen (secondary N) is 2. The molecule has 124 valence electrons. The van der Waals surface area contributed by atoms with E-state index in [4.69, 9.17) is 0 Å². The van der Waals surface area contributed by atoms with Crippen molar-refractivity contribution >= 4 is 40.2 Å². The first kappa shape index (κ1) is 20.9. The van der Waals surface area contributed by atoms with Crippen LogP contribution in [-0.4, -0.2) is 43.9 Å². The van der Waals surface area contributed by atoms with Crippen molar-refractivity contribution in [1.82, 2.24) is 15.5 Å². The minimum atomic E-state index is -0.0365. The lowest BCUT2D eigenvalue weighted by Gasteiger charge is -2.18. The molecular formula is C15H23BrClN3O2. The van der Waals surface area contributed by atoms with E-state index in [-0.39, 0.29) is 24.2 Å². The topological polar surface area (TPSA) is 61.4 Å². The zero-order chi connectivity index (χ0) is 15.7. The summed E-state index contributed by atoms with van der Waals surface area (Å²) in [6, 6.07) is 7.82. The third kappa shape index (κ3) is 7.77. The summed E-state index contributed by atoms with van der Waals surface area (Å²) in [7, 11) is 3.57. The Bertz CT molecular complexity index is 486. The van der Waals surface area contributed by atoms with E-state index in [2.05, 4.69) is 26.6 Å². The molecule has 1 aromatic rings. The number of hydrogen-bond donors (Lipinski definition) is 2. The highest BCUT2D eigenvalue weighted by Gasteiger charge is 2.11. The fourth-order valence-electron chi connectivity index (χ4n) is 1.80. The summed E-state index contributed by atoms with van der Waals surface area (Å²) in [5.41, 5.74) is 1.06. The molecule has 0 unspecified atom stereocenters. The van der Waals surface area contributed by atoms with Gasteiger partial charge in [0.2, 0.25) is 11.8 Å². The lowest BCUT2D eigenvalue weighted by atomic mass is 10.2. The fraction of sp³-hybridized carbons (Fsp3) is 0.467. The predicted molar refractivity (Wildman–Crippen MR) is 94.0 cm³/mol. The summed E-state index contributed by atoms with van der Waals surface area (Å²) < 4.78 is 0.991. The number of hydrogen-bond acceptors (Lipinski definition) is 3. The van der Waals surface area contributed by atoms with Crippen LogP contribution < -0.4 is 10.6 Å². The maximum absolute atomic E-state index is 12.0. The third-order valence-electron chi connectivity index (χ3n) is 3.05. The third-order valence-corrected chi connectivity index (χ3v) is 3.83. The highest BCUT2D eigenvalue weighted by molar-refractivity contribution is 9.10. The summed E-state index contributed by atoms with van der Waals surface area (Å²) in [4.78, 5) is 25.1. The van der Waals surface area contributed by atoms with Crippen molar-refractivity contribution in [2.75, 3.05) is 27.2 Å². The molecular weight excluding hydrogens is 370 g/mol. The average Bonchev–Trinajstić information content (AvgIpc) is 2.47. The van der Waals surface area contributed by atoms with Crippen LogP contribution in [0.2, 0.25) is 0 Å². The predicted octanol–water partition coefficient (Wildman–Crippen LogP) is 1.95. The fourth-order valence-corrected chi connectivity index (χ4v) is 2.21.